The summed E-state index contributed by atoms with van der Waals surface area (Å²) in [4.78, 5) is 8.57. The molecule has 4 rings (SSSR count). The van der Waals surface area contributed by atoms with Gasteiger partial charge in [-0.25, -0.2) is 0 Å². The van der Waals surface area contributed by atoms with Gasteiger partial charge in [0.25, 0.3) is 0 Å². The van der Waals surface area contributed by atoms with Gasteiger partial charge in [0, 0.05) is 52.6 Å². The summed E-state index contributed by atoms with van der Waals surface area (Å²) in [5.41, 5.74) is 9.98. The monoisotopic (exact) mass is 455 g/mol. The molecule has 1 aliphatic heterocycles. The fraction of sp³-hybridized carbons (Fsp3) is 0.261. The Balaban J connectivity index is 1.50. The molecule has 160 valence electrons. The van der Waals surface area contributed by atoms with Crippen LogP contribution in [0.3, 0.4) is 0 Å². The molecule has 31 heavy (non-hydrogen) atoms. The largest absolute Gasteiger partial charge is 0.489 e. The number of halogens is 2. The second-order valence-corrected chi connectivity index (χ2v) is 8.30. The molecule has 0 aliphatic carbocycles. The number of nitrogens with two attached hydrogens (primary N) is 1. The van der Waals surface area contributed by atoms with E-state index in [0.717, 1.165) is 31.6 Å². The van der Waals surface area contributed by atoms with Crippen molar-refractivity contribution in [3.05, 3.63) is 81.4 Å². The summed E-state index contributed by atoms with van der Waals surface area (Å²) in [5.74, 6) is 1.04. The molecule has 8 heteroatoms. The van der Waals surface area contributed by atoms with Crippen LogP contribution in [0.5, 0.6) is 5.75 Å². The molecule has 0 bridgehead atoms. The Kier molecular flexibility index (Phi) is 6.70. The first-order chi connectivity index (χ1) is 15.0. The van der Waals surface area contributed by atoms with Crippen LogP contribution in [0.25, 0.3) is 0 Å². The third-order valence-corrected chi connectivity index (χ3v) is 6.11. The maximum atomic E-state index is 8.65. The summed E-state index contributed by atoms with van der Waals surface area (Å²) in [7, 11) is 0. The van der Waals surface area contributed by atoms with Crippen molar-refractivity contribution >= 4 is 34.6 Å². The molecular formula is C23H23Cl2N5O. The number of rotatable bonds is 6. The maximum Gasteiger partial charge on any atom is 0.120 e. The normalized spacial score (nSPS) is 14.4. The quantitative estimate of drug-likeness (QED) is 0.365. The Morgan fingerprint density at radius 2 is 1.84 bits per heavy atom. The van der Waals surface area contributed by atoms with E-state index >= 15 is 0 Å². The Hall–Kier alpha value is -2.67. The molecule has 1 fully saturated rings. The molecule has 3 heterocycles. The molecule has 4 N–H and O–H groups in total. The molecule has 0 unspecified atom stereocenters. The first kappa shape index (κ1) is 21.6. The van der Waals surface area contributed by atoms with Gasteiger partial charge in [-0.3, -0.25) is 15.4 Å². The molecule has 1 saturated heterocycles. The highest BCUT2D eigenvalue weighted by molar-refractivity contribution is 6.35. The van der Waals surface area contributed by atoms with E-state index in [1.165, 1.54) is 12.4 Å². The van der Waals surface area contributed by atoms with Crippen LogP contribution < -0.4 is 15.8 Å². The van der Waals surface area contributed by atoms with E-state index in [0.29, 0.717) is 49.8 Å². The number of hydrogen-bond donors (Lipinski definition) is 3. The first-order valence-electron chi connectivity index (χ1n) is 10.1. The number of pyridine rings is 2. The highest BCUT2D eigenvalue weighted by Gasteiger charge is 2.17. The van der Waals surface area contributed by atoms with E-state index < -0.39 is 0 Å². The van der Waals surface area contributed by atoms with Gasteiger partial charge < -0.3 is 15.8 Å². The van der Waals surface area contributed by atoms with Crippen molar-refractivity contribution in [2.24, 2.45) is 0 Å². The smallest absolute Gasteiger partial charge is 0.120 e. The predicted molar refractivity (Wildman–Crippen MR) is 124 cm³/mol. The average molecular weight is 456 g/mol. The van der Waals surface area contributed by atoms with E-state index in [4.69, 9.17) is 39.1 Å². The van der Waals surface area contributed by atoms with Crippen molar-refractivity contribution in [1.82, 2.24) is 15.3 Å². The molecule has 1 aliphatic rings. The maximum absolute atomic E-state index is 8.65. The molecule has 2 aromatic heterocycles. The van der Waals surface area contributed by atoms with Crippen LogP contribution in [-0.2, 0) is 6.61 Å². The van der Waals surface area contributed by atoms with E-state index in [2.05, 4.69) is 15.3 Å². The summed E-state index contributed by atoms with van der Waals surface area (Å²) in [6, 6.07) is 9.20. The lowest BCUT2D eigenvalue weighted by Gasteiger charge is -2.22. The molecule has 0 saturated carbocycles. The van der Waals surface area contributed by atoms with Crippen LogP contribution in [-0.4, -0.2) is 28.8 Å². The number of hydrogen-bond acceptors (Lipinski definition) is 6. The molecule has 6 nitrogen and oxygen atoms in total. The zero-order chi connectivity index (χ0) is 21.8. The average Bonchev–Trinajstić information content (AvgIpc) is 2.80. The van der Waals surface area contributed by atoms with Crippen molar-refractivity contribution in [3.8, 4) is 5.75 Å². The Labute approximate surface area is 191 Å². The zero-order valence-electron chi connectivity index (χ0n) is 16.9. The van der Waals surface area contributed by atoms with Crippen LogP contribution in [0.15, 0.2) is 48.9 Å². The minimum atomic E-state index is 0.184. The summed E-state index contributed by atoms with van der Waals surface area (Å²) in [5, 5.41) is 12.9. The van der Waals surface area contributed by atoms with Crippen LogP contribution in [0.4, 0.5) is 5.69 Å². The van der Waals surface area contributed by atoms with Crippen LogP contribution in [0.1, 0.15) is 41.1 Å². The molecule has 0 spiro atoms. The fourth-order valence-corrected chi connectivity index (χ4v) is 4.11. The number of nitrogens with zero attached hydrogens (tertiary/aromatic N) is 2. The van der Waals surface area contributed by atoms with Gasteiger partial charge in [0.1, 0.15) is 12.4 Å². The lowest BCUT2D eigenvalue weighted by Crippen LogP contribution is -2.27. The lowest BCUT2D eigenvalue weighted by molar-refractivity contribution is 0.306. The van der Waals surface area contributed by atoms with Crippen LogP contribution >= 0.6 is 23.2 Å². The second-order valence-electron chi connectivity index (χ2n) is 7.49. The van der Waals surface area contributed by atoms with Crippen molar-refractivity contribution in [3.63, 3.8) is 0 Å². The minimum absolute atomic E-state index is 0.184. The number of ether oxygens (including phenoxy) is 1. The van der Waals surface area contributed by atoms with Gasteiger partial charge in [-0.2, -0.15) is 0 Å². The number of nitrogens with one attached hydrogen (secondary N) is 2. The highest BCUT2D eigenvalue weighted by atomic mass is 35.5. The van der Waals surface area contributed by atoms with Gasteiger partial charge in [-0.15, -0.1) is 0 Å². The molecule has 3 aromatic rings. The summed E-state index contributed by atoms with van der Waals surface area (Å²) in [6.45, 7) is 2.22. The first-order valence-corrected chi connectivity index (χ1v) is 10.8. The molecule has 0 amide bonds. The van der Waals surface area contributed by atoms with Gasteiger partial charge in [-0.05, 0) is 56.3 Å². The zero-order valence-corrected chi connectivity index (χ0v) is 18.4. The van der Waals surface area contributed by atoms with E-state index in [1.54, 1.807) is 24.4 Å². The van der Waals surface area contributed by atoms with Gasteiger partial charge in [-0.1, -0.05) is 23.2 Å². The van der Waals surface area contributed by atoms with Crippen molar-refractivity contribution < 1.29 is 4.74 Å². The molecule has 0 radical (unpaired) electrons. The van der Waals surface area contributed by atoms with E-state index in [1.807, 2.05) is 12.1 Å². The SMILES string of the molecule is N=C(c1ccc(C2CCNCC2)nc1)c1cc(OCc2c(Cl)cncc2Cl)ccc1N. The minimum Gasteiger partial charge on any atom is -0.489 e. The topological polar surface area (TPSA) is 96.9 Å². The number of benzene rings is 1. The second kappa shape index (κ2) is 9.64. The number of aromatic nitrogens is 2. The number of anilines is 1. The van der Waals surface area contributed by atoms with Gasteiger partial charge >= 0.3 is 0 Å². The van der Waals surface area contributed by atoms with Gasteiger partial charge in [0.15, 0.2) is 0 Å². The standard InChI is InChI=1S/C23H23Cl2N5O/c24-19-11-29-12-20(25)18(19)13-31-16-2-3-21(26)17(9-16)23(27)15-1-4-22(30-10-15)14-5-7-28-8-6-14/h1-4,9-12,14,27-28H,5-8,13,26H2. The summed E-state index contributed by atoms with van der Waals surface area (Å²) >= 11 is 12.3. The number of piperidine rings is 1. The Morgan fingerprint density at radius 3 is 2.52 bits per heavy atom. The van der Waals surface area contributed by atoms with Crippen LogP contribution in [0.2, 0.25) is 10.0 Å². The summed E-state index contributed by atoms with van der Waals surface area (Å²) in [6.07, 6.45) is 6.97. The number of nitrogen functional groups attached to an aromatic ring is 1. The summed E-state index contributed by atoms with van der Waals surface area (Å²) < 4.78 is 5.86. The van der Waals surface area contributed by atoms with Crippen molar-refractivity contribution in [2.45, 2.75) is 25.4 Å². The Bertz CT molecular complexity index is 1060. The van der Waals surface area contributed by atoms with Crippen molar-refractivity contribution in [2.75, 3.05) is 18.8 Å². The van der Waals surface area contributed by atoms with E-state index in [9.17, 15) is 0 Å². The van der Waals surface area contributed by atoms with Crippen molar-refractivity contribution in [1.29, 1.82) is 5.41 Å². The molecule has 0 atom stereocenters. The van der Waals surface area contributed by atoms with Gasteiger partial charge in [0.05, 0.1) is 15.8 Å². The Morgan fingerprint density at radius 1 is 1.10 bits per heavy atom. The predicted octanol–water partition coefficient (Wildman–Crippen LogP) is 4.83. The van der Waals surface area contributed by atoms with Crippen LogP contribution in [0, 0.1) is 5.41 Å². The lowest BCUT2D eigenvalue weighted by atomic mass is 9.93. The highest BCUT2D eigenvalue weighted by Crippen LogP contribution is 2.28. The molecule has 1 aromatic carbocycles. The van der Waals surface area contributed by atoms with Gasteiger partial charge in [0.2, 0.25) is 0 Å². The van der Waals surface area contributed by atoms with E-state index in [-0.39, 0.29) is 6.61 Å². The molecular weight excluding hydrogens is 433 g/mol. The third kappa shape index (κ3) is 4.98. The third-order valence-electron chi connectivity index (χ3n) is 5.46. The fourth-order valence-electron chi connectivity index (χ4n) is 3.64.